The van der Waals surface area contributed by atoms with Crippen LogP contribution < -0.4 is 0 Å². The van der Waals surface area contributed by atoms with Crippen LogP contribution in [-0.4, -0.2) is 21.0 Å². The molecule has 0 aliphatic heterocycles. The highest BCUT2D eigenvalue weighted by Crippen LogP contribution is 2.33. The number of carbonyl (C=O) groups is 1. The molecule has 23 heavy (non-hydrogen) atoms. The molecule has 1 N–H and O–H groups in total. The van der Waals surface area contributed by atoms with Gasteiger partial charge in [-0.1, -0.05) is 36.4 Å². The van der Waals surface area contributed by atoms with Gasteiger partial charge in [-0.25, -0.2) is 9.78 Å². The molecule has 0 amide bonds. The fraction of sp³-hybridized carbons (Fsp3) is 0. The second kappa shape index (κ2) is 5.18. The Balaban J connectivity index is 2.21. The van der Waals surface area contributed by atoms with Crippen molar-refractivity contribution in [2.24, 2.45) is 0 Å². The van der Waals surface area contributed by atoms with E-state index in [0.29, 0.717) is 5.52 Å². The quantitative estimate of drug-likeness (QED) is 0.565. The Morgan fingerprint density at radius 2 is 1.65 bits per heavy atom. The normalized spacial score (nSPS) is 11.0. The molecule has 0 radical (unpaired) electrons. The van der Waals surface area contributed by atoms with Crippen molar-refractivity contribution < 1.29 is 9.90 Å². The van der Waals surface area contributed by atoms with Crippen LogP contribution in [0.15, 0.2) is 67.0 Å². The van der Waals surface area contributed by atoms with E-state index in [1.807, 2.05) is 42.5 Å². The smallest absolute Gasteiger partial charge is 0.337 e. The largest absolute Gasteiger partial charge is 0.478 e. The second-order valence-electron chi connectivity index (χ2n) is 5.25. The molecule has 0 saturated heterocycles. The lowest BCUT2D eigenvalue weighted by atomic mass is 9.99. The van der Waals surface area contributed by atoms with E-state index in [-0.39, 0.29) is 5.56 Å². The molecule has 0 bridgehead atoms. The van der Waals surface area contributed by atoms with Gasteiger partial charge in [0.25, 0.3) is 0 Å². The molecule has 2 aromatic heterocycles. The van der Waals surface area contributed by atoms with Gasteiger partial charge in [0, 0.05) is 28.7 Å². The Kier molecular flexibility index (Phi) is 3.01. The van der Waals surface area contributed by atoms with Crippen molar-refractivity contribution in [3.05, 3.63) is 72.6 Å². The van der Waals surface area contributed by atoms with Crippen molar-refractivity contribution in [1.29, 1.82) is 0 Å². The van der Waals surface area contributed by atoms with E-state index in [0.717, 1.165) is 27.4 Å². The number of aromatic nitrogens is 2. The summed E-state index contributed by atoms with van der Waals surface area (Å²) in [6.45, 7) is 0. The number of hydrogen-bond donors (Lipinski definition) is 1. The molecule has 4 aromatic rings. The Morgan fingerprint density at radius 3 is 2.39 bits per heavy atom. The third-order valence-electron chi connectivity index (χ3n) is 3.90. The highest BCUT2D eigenvalue weighted by molar-refractivity contribution is 6.15. The van der Waals surface area contributed by atoms with Crippen molar-refractivity contribution in [3.63, 3.8) is 0 Å². The second-order valence-corrected chi connectivity index (χ2v) is 5.25. The van der Waals surface area contributed by atoms with E-state index in [1.165, 1.54) is 0 Å². The van der Waals surface area contributed by atoms with Gasteiger partial charge in [-0.05, 0) is 23.6 Å². The molecule has 0 fully saturated rings. The third kappa shape index (κ3) is 2.12. The number of hydrogen-bond acceptors (Lipinski definition) is 3. The van der Waals surface area contributed by atoms with Crippen LogP contribution in [0.5, 0.6) is 0 Å². The average molecular weight is 300 g/mol. The molecule has 0 spiro atoms. The predicted molar refractivity (Wildman–Crippen MR) is 89.4 cm³/mol. The summed E-state index contributed by atoms with van der Waals surface area (Å²) in [4.78, 5) is 20.4. The van der Waals surface area contributed by atoms with E-state index in [2.05, 4.69) is 9.97 Å². The van der Waals surface area contributed by atoms with Crippen LogP contribution in [0.4, 0.5) is 0 Å². The van der Waals surface area contributed by atoms with Crippen LogP contribution in [0.2, 0.25) is 0 Å². The van der Waals surface area contributed by atoms with Crippen LogP contribution in [0.3, 0.4) is 0 Å². The van der Waals surface area contributed by atoms with Crippen LogP contribution in [-0.2, 0) is 0 Å². The molecule has 0 aliphatic carbocycles. The number of pyridine rings is 2. The monoisotopic (exact) mass is 300 g/mol. The van der Waals surface area contributed by atoms with Crippen LogP contribution >= 0.6 is 0 Å². The number of fused-ring (bicyclic) bond motifs is 3. The molecule has 4 rings (SSSR count). The minimum atomic E-state index is -0.976. The lowest BCUT2D eigenvalue weighted by Crippen LogP contribution is -2.00. The number of benzene rings is 2. The first-order valence-electron chi connectivity index (χ1n) is 7.21. The SMILES string of the molecule is O=C(O)c1cccc2c1nc(-c1cccnc1)c1ccccc12. The molecule has 2 aromatic carbocycles. The van der Waals surface area contributed by atoms with Crippen LogP contribution in [0.25, 0.3) is 32.9 Å². The Bertz CT molecular complexity index is 1040. The zero-order chi connectivity index (χ0) is 15.8. The summed E-state index contributed by atoms with van der Waals surface area (Å²) >= 11 is 0. The van der Waals surface area contributed by atoms with E-state index < -0.39 is 5.97 Å². The van der Waals surface area contributed by atoms with Crippen molar-refractivity contribution in [2.45, 2.75) is 0 Å². The first-order valence-corrected chi connectivity index (χ1v) is 7.21. The van der Waals surface area contributed by atoms with Gasteiger partial charge >= 0.3 is 5.97 Å². The zero-order valence-corrected chi connectivity index (χ0v) is 12.1. The third-order valence-corrected chi connectivity index (χ3v) is 3.90. The zero-order valence-electron chi connectivity index (χ0n) is 12.1. The van der Waals surface area contributed by atoms with Crippen molar-refractivity contribution >= 4 is 27.6 Å². The molecule has 110 valence electrons. The molecule has 4 heteroatoms. The number of para-hydroxylation sites is 1. The van der Waals surface area contributed by atoms with Gasteiger partial charge in [0.1, 0.15) is 0 Å². The average Bonchev–Trinajstić information content (AvgIpc) is 2.61. The molecular formula is C19H12N2O2. The van der Waals surface area contributed by atoms with Gasteiger partial charge in [-0.2, -0.15) is 0 Å². The summed E-state index contributed by atoms with van der Waals surface area (Å²) in [5.41, 5.74) is 2.32. The van der Waals surface area contributed by atoms with Gasteiger partial charge in [0.15, 0.2) is 0 Å². The van der Waals surface area contributed by atoms with E-state index in [9.17, 15) is 9.90 Å². The van der Waals surface area contributed by atoms with Crippen molar-refractivity contribution in [1.82, 2.24) is 9.97 Å². The lowest BCUT2D eigenvalue weighted by Gasteiger charge is -2.11. The fourth-order valence-electron chi connectivity index (χ4n) is 2.87. The van der Waals surface area contributed by atoms with E-state index in [1.54, 1.807) is 24.5 Å². The molecule has 0 aliphatic rings. The molecule has 0 saturated carbocycles. The highest BCUT2D eigenvalue weighted by atomic mass is 16.4. The number of nitrogens with zero attached hydrogens (tertiary/aromatic N) is 2. The summed E-state index contributed by atoms with van der Waals surface area (Å²) in [6.07, 6.45) is 3.44. The Hall–Kier alpha value is -3.27. The first kappa shape index (κ1) is 13.4. The summed E-state index contributed by atoms with van der Waals surface area (Å²) < 4.78 is 0. The van der Waals surface area contributed by atoms with Gasteiger partial charge in [0.2, 0.25) is 0 Å². The van der Waals surface area contributed by atoms with Crippen molar-refractivity contribution in [3.8, 4) is 11.3 Å². The predicted octanol–water partition coefficient (Wildman–Crippen LogP) is 4.15. The number of carboxylic acids is 1. The summed E-state index contributed by atoms with van der Waals surface area (Å²) in [6, 6.07) is 16.9. The topological polar surface area (TPSA) is 63.1 Å². The van der Waals surface area contributed by atoms with E-state index in [4.69, 9.17) is 0 Å². The fourth-order valence-corrected chi connectivity index (χ4v) is 2.87. The summed E-state index contributed by atoms with van der Waals surface area (Å²) in [5, 5.41) is 12.3. The summed E-state index contributed by atoms with van der Waals surface area (Å²) in [7, 11) is 0. The molecular weight excluding hydrogens is 288 g/mol. The number of aromatic carboxylic acids is 1. The van der Waals surface area contributed by atoms with Gasteiger partial charge in [0.05, 0.1) is 16.8 Å². The Labute approximate surface area is 132 Å². The van der Waals surface area contributed by atoms with Crippen LogP contribution in [0, 0.1) is 0 Å². The Morgan fingerprint density at radius 1 is 0.870 bits per heavy atom. The highest BCUT2D eigenvalue weighted by Gasteiger charge is 2.15. The minimum absolute atomic E-state index is 0.207. The lowest BCUT2D eigenvalue weighted by molar-refractivity contribution is 0.0699. The molecule has 0 atom stereocenters. The minimum Gasteiger partial charge on any atom is -0.478 e. The molecule has 0 unspecified atom stereocenters. The first-order chi connectivity index (χ1) is 11.3. The number of rotatable bonds is 2. The molecule has 4 nitrogen and oxygen atoms in total. The maximum absolute atomic E-state index is 11.5. The number of carboxylic acid groups (broad SMARTS) is 1. The van der Waals surface area contributed by atoms with Crippen molar-refractivity contribution in [2.75, 3.05) is 0 Å². The summed E-state index contributed by atoms with van der Waals surface area (Å²) in [5.74, 6) is -0.976. The van der Waals surface area contributed by atoms with Gasteiger partial charge in [-0.15, -0.1) is 0 Å². The molecule has 2 heterocycles. The standard InChI is InChI=1S/C19H12N2O2/c22-19(23)16-9-3-8-15-13-6-1-2-7-14(13)17(21-18(15)16)12-5-4-10-20-11-12/h1-11H,(H,22,23). The van der Waals surface area contributed by atoms with E-state index >= 15 is 0 Å². The van der Waals surface area contributed by atoms with Crippen LogP contribution in [0.1, 0.15) is 10.4 Å². The maximum atomic E-state index is 11.5. The van der Waals surface area contributed by atoms with Gasteiger partial charge in [-0.3, -0.25) is 4.98 Å². The maximum Gasteiger partial charge on any atom is 0.337 e. The van der Waals surface area contributed by atoms with Gasteiger partial charge < -0.3 is 5.11 Å².